The normalized spacial score (nSPS) is 10.3. The molecule has 5 heteroatoms. The molecule has 0 saturated heterocycles. The number of hydrogen-bond acceptors (Lipinski definition) is 4. The number of hydrogen-bond donors (Lipinski definition) is 2. The van der Waals surface area contributed by atoms with Gasteiger partial charge in [-0.2, -0.15) is 0 Å². The van der Waals surface area contributed by atoms with Crippen molar-refractivity contribution in [3.05, 3.63) is 29.8 Å². The highest BCUT2D eigenvalue weighted by atomic mass is 16.5. The van der Waals surface area contributed by atoms with Crippen LogP contribution in [-0.2, 0) is 9.53 Å². The van der Waals surface area contributed by atoms with Gasteiger partial charge in [-0.3, -0.25) is 4.79 Å². The molecule has 0 aromatic heterocycles. The number of carbonyl (C=O) groups excluding carboxylic acids is 2. The first kappa shape index (κ1) is 17.0. The molecule has 0 spiro atoms. The minimum atomic E-state index is -0.355. The molecular weight excluding hydrogens is 268 g/mol. The Balaban J connectivity index is 2.26. The van der Waals surface area contributed by atoms with Gasteiger partial charge in [0.05, 0.1) is 12.7 Å². The van der Waals surface area contributed by atoms with E-state index < -0.39 is 0 Å². The van der Waals surface area contributed by atoms with Crippen LogP contribution in [0.15, 0.2) is 24.3 Å². The van der Waals surface area contributed by atoms with E-state index in [4.69, 9.17) is 0 Å². The number of ether oxygens (including phenoxy) is 1. The standard InChI is InChI=1S/C16H24N2O3/c1-12(2)8-10-18-15(19)9-11-17-14-6-4-13(5-7-14)16(20)21-3/h4-7,12,17H,8-11H2,1-3H3,(H,18,19). The number of methoxy groups -OCH3 is 1. The topological polar surface area (TPSA) is 67.4 Å². The second kappa shape index (κ2) is 9.00. The molecule has 0 radical (unpaired) electrons. The van der Waals surface area contributed by atoms with Crippen LogP contribution in [0, 0.1) is 5.92 Å². The first-order valence-corrected chi connectivity index (χ1v) is 7.22. The van der Waals surface area contributed by atoms with Crippen molar-refractivity contribution in [2.24, 2.45) is 5.92 Å². The van der Waals surface area contributed by atoms with E-state index in [1.165, 1.54) is 7.11 Å². The van der Waals surface area contributed by atoms with E-state index in [0.29, 0.717) is 24.4 Å². The smallest absolute Gasteiger partial charge is 0.337 e. The SMILES string of the molecule is COC(=O)c1ccc(NCCC(=O)NCCC(C)C)cc1. The van der Waals surface area contributed by atoms with Crippen molar-refractivity contribution in [1.29, 1.82) is 0 Å². The zero-order valence-electron chi connectivity index (χ0n) is 12.9. The lowest BCUT2D eigenvalue weighted by atomic mass is 10.1. The third kappa shape index (κ3) is 6.79. The molecule has 1 aromatic carbocycles. The summed E-state index contributed by atoms with van der Waals surface area (Å²) < 4.78 is 4.63. The van der Waals surface area contributed by atoms with Gasteiger partial charge in [-0.05, 0) is 36.6 Å². The molecule has 1 rings (SSSR count). The van der Waals surface area contributed by atoms with Gasteiger partial charge in [0.1, 0.15) is 0 Å². The van der Waals surface area contributed by atoms with Crippen molar-refractivity contribution in [3.63, 3.8) is 0 Å². The minimum Gasteiger partial charge on any atom is -0.465 e. The highest BCUT2D eigenvalue weighted by Crippen LogP contribution is 2.10. The molecule has 0 aliphatic carbocycles. The molecule has 21 heavy (non-hydrogen) atoms. The van der Waals surface area contributed by atoms with E-state index in [9.17, 15) is 9.59 Å². The van der Waals surface area contributed by atoms with E-state index in [0.717, 1.165) is 18.7 Å². The van der Waals surface area contributed by atoms with E-state index >= 15 is 0 Å². The van der Waals surface area contributed by atoms with Crippen LogP contribution in [0.1, 0.15) is 37.0 Å². The van der Waals surface area contributed by atoms with Crippen LogP contribution in [0.3, 0.4) is 0 Å². The maximum absolute atomic E-state index is 11.6. The molecule has 0 saturated carbocycles. The van der Waals surface area contributed by atoms with Gasteiger partial charge >= 0.3 is 5.97 Å². The minimum absolute atomic E-state index is 0.0503. The fourth-order valence-electron chi connectivity index (χ4n) is 1.75. The van der Waals surface area contributed by atoms with Crippen LogP contribution < -0.4 is 10.6 Å². The summed E-state index contributed by atoms with van der Waals surface area (Å²) in [7, 11) is 1.35. The van der Waals surface area contributed by atoms with Gasteiger partial charge in [0.15, 0.2) is 0 Å². The zero-order valence-corrected chi connectivity index (χ0v) is 12.9. The predicted octanol–water partition coefficient (Wildman–Crippen LogP) is 2.44. The van der Waals surface area contributed by atoms with Crippen molar-refractivity contribution in [2.45, 2.75) is 26.7 Å². The summed E-state index contributed by atoms with van der Waals surface area (Å²) in [4.78, 5) is 22.9. The maximum Gasteiger partial charge on any atom is 0.337 e. The van der Waals surface area contributed by atoms with Crippen molar-refractivity contribution >= 4 is 17.6 Å². The number of esters is 1. The number of rotatable bonds is 8. The van der Waals surface area contributed by atoms with Crippen LogP contribution in [0.25, 0.3) is 0 Å². The fraction of sp³-hybridized carbons (Fsp3) is 0.500. The van der Waals surface area contributed by atoms with Crippen LogP contribution in [0.5, 0.6) is 0 Å². The predicted molar refractivity (Wildman–Crippen MR) is 83.4 cm³/mol. The number of carbonyl (C=O) groups is 2. The monoisotopic (exact) mass is 292 g/mol. The molecule has 0 atom stereocenters. The maximum atomic E-state index is 11.6. The average Bonchev–Trinajstić information content (AvgIpc) is 2.46. The number of anilines is 1. The summed E-state index contributed by atoms with van der Waals surface area (Å²) in [6.07, 6.45) is 1.42. The second-order valence-corrected chi connectivity index (χ2v) is 5.28. The summed E-state index contributed by atoms with van der Waals surface area (Å²) in [5.41, 5.74) is 1.38. The van der Waals surface area contributed by atoms with Crippen LogP contribution in [0.2, 0.25) is 0 Å². The molecule has 2 N–H and O–H groups in total. The highest BCUT2D eigenvalue weighted by Gasteiger charge is 2.05. The first-order chi connectivity index (χ1) is 10.0. The molecule has 0 unspecified atom stereocenters. The Morgan fingerprint density at radius 1 is 1.14 bits per heavy atom. The quantitative estimate of drug-likeness (QED) is 0.722. The van der Waals surface area contributed by atoms with Crippen LogP contribution >= 0.6 is 0 Å². The summed E-state index contributed by atoms with van der Waals surface area (Å²) in [5.74, 6) is 0.289. The summed E-state index contributed by atoms with van der Waals surface area (Å²) in [6, 6.07) is 6.97. The Morgan fingerprint density at radius 2 is 1.81 bits per heavy atom. The van der Waals surface area contributed by atoms with Crippen molar-refractivity contribution in [3.8, 4) is 0 Å². The van der Waals surface area contributed by atoms with Gasteiger partial charge in [-0.1, -0.05) is 13.8 Å². The third-order valence-corrected chi connectivity index (χ3v) is 3.03. The fourth-order valence-corrected chi connectivity index (χ4v) is 1.75. The molecular formula is C16H24N2O3. The van der Waals surface area contributed by atoms with Crippen LogP contribution in [-0.4, -0.2) is 32.1 Å². The van der Waals surface area contributed by atoms with Crippen LogP contribution in [0.4, 0.5) is 5.69 Å². The number of amides is 1. The zero-order chi connectivity index (χ0) is 15.7. The molecule has 1 amide bonds. The van der Waals surface area contributed by atoms with Gasteiger partial charge in [0, 0.05) is 25.2 Å². The Morgan fingerprint density at radius 3 is 2.38 bits per heavy atom. The molecule has 0 aliphatic heterocycles. The average molecular weight is 292 g/mol. The Kier molecular flexibility index (Phi) is 7.29. The molecule has 0 heterocycles. The van der Waals surface area contributed by atoms with Crippen molar-refractivity contribution in [2.75, 3.05) is 25.5 Å². The lowest BCUT2D eigenvalue weighted by Gasteiger charge is -2.09. The number of benzene rings is 1. The van der Waals surface area contributed by atoms with Gasteiger partial charge in [-0.25, -0.2) is 4.79 Å². The molecule has 0 aliphatic rings. The van der Waals surface area contributed by atoms with E-state index in [1.54, 1.807) is 24.3 Å². The van der Waals surface area contributed by atoms with Gasteiger partial charge in [-0.15, -0.1) is 0 Å². The van der Waals surface area contributed by atoms with Gasteiger partial charge in [0.2, 0.25) is 5.91 Å². The van der Waals surface area contributed by atoms with Gasteiger partial charge in [0.25, 0.3) is 0 Å². The summed E-state index contributed by atoms with van der Waals surface area (Å²) >= 11 is 0. The Bertz CT molecular complexity index is 455. The van der Waals surface area contributed by atoms with E-state index in [-0.39, 0.29) is 11.9 Å². The molecule has 5 nitrogen and oxygen atoms in total. The molecule has 116 valence electrons. The summed E-state index contributed by atoms with van der Waals surface area (Å²) in [5, 5.41) is 6.04. The molecule has 0 bridgehead atoms. The molecule has 0 fully saturated rings. The highest BCUT2D eigenvalue weighted by molar-refractivity contribution is 5.89. The van der Waals surface area contributed by atoms with Crippen molar-refractivity contribution in [1.82, 2.24) is 5.32 Å². The van der Waals surface area contributed by atoms with E-state index in [1.807, 2.05) is 0 Å². The summed E-state index contributed by atoms with van der Waals surface area (Å²) in [6.45, 7) is 5.55. The van der Waals surface area contributed by atoms with Gasteiger partial charge < -0.3 is 15.4 Å². The Hall–Kier alpha value is -2.04. The number of nitrogens with one attached hydrogen (secondary N) is 2. The molecule has 1 aromatic rings. The third-order valence-electron chi connectivity index (χ3n) is 3.03. The lowest BCUT2D eigenvalue weighted by Crippen LogP contribution is -2.27. The second-order valence-electron chi connectivity index (χ2n) is 5.28. The van der Waals surface area contributed by atoms with E-state index in [2.05, 4.69) is 29.2 Å². The first-order valence-electron chi connectivity index (χ1n) is 7.22. The largest absolute Gasteiger partial charge is 0.465 e. The lowest BCUT2D eigenvalue weighted by molar-refractivity contribution is -0.120. The Labute approximate surface area is 126 Å². The van der Waals surface area contributed by atoms with Crippen molar-refractivity contribution < 1.29 is 14.3 Å².